The zero-order chi connectivity index (χ0) is 9.84. The molecule has 0 radical (unpaired) electrons. The molecule has 0 bridgehead atoms. The molecular formula is C10H14N2O. The molecule has 2 N–H and O–H groups in total. The summed E-state index contributed by atoms with van der Waals surface area (Å²) in [5.41, 5.74) is 2.73. The predicted octanol–water partition coefficient (Wildman–Crippen LogP) is 2.19. The van der Waals surface area contributed by atoms with Gasteiger partial charge in [0.05, 0.1) is 11.0 Å². The van der Waals surface area contributed by atoms with E-state index < -0.39 is 0 Å². The van der Waals surface area contributed by atoms with Crippen LogP contribution >= 0.6 is 0 Å². The SMILES string of the molecule is CC.Cc1ccc2[nH]c(=O)[nH]c2c1. The zero-order valence-corrected chi connectivity index (χ0v) is 8.14. The highest BCUT2D eigenvalue weighted by Gasteiger charge is 1.95. The third-order valence-corrected chi connectivity index (χ3v) is 1.67. The molecule has 1 aromatic carbocycles. The molecule has 0 amide bonds. The summed E-state index contributed by atoms with van der Waals surface area (Å²) in [7, 11) is 0. The molecule has 0 saturated carbocycles. The number of H-pyrrole nitrogens is 2. The van der Waals surface area contributed by atoms with Crippen LogP contribution in [0.3, 0.4) is 0 Å². The third-order valence-electron chi connectivity index (χ3n) is 1.67. The Hall–Kier alpha value is -1.51. The number of hydrogen-bond donors (Lipinski definition) is 2. The van der Waals surface area contributed by atoms with Gasteiger partial charge in [-0.15, -0.1) is 0 Å². The summed E-state index contributed by atoms with van der Waals surface area (Å²) in [6, 6.07) is 5.79. The minimum absolute atomic E-state index is 0.148. The predicted molar refractivity (Wildman–Crippen MR) is 55.0 cm³/mol. The first-order valence-electron chi connectivity index (χ1n) is 4.44. The molecule has 1 heterocycles. The molecule has 0 saturated heterocycles. The van der Waals surface area contributed by atoms with Crippen LogP contribution in [0.25, 0.3) is 11.0 Å². The highest BCUT2D eigenvalue weighted by molar-refractivity contribution is 5.74. The maximum absolute atomic E-state index is 10.8. The van der Waals surface area contributed by atoms with E-state index in [0.29, 0.717) is 0 Å². The molecule has 70 valence electrons. The van der Waals surface area contributed by atoms with Crippen molar-refractivity contribution in [3.8, 4) is 0 Å². The van der Waals surface area contributed by atoms with Crippen molar-refractivity contribution in [1.29, 1.82) is 0 Å². The lowest BCUT2D eigenvalue weighted by Crippen LogP contribution is -1.99. The summed E-state index contributed by atoms with van der Waals surface area (Å²) in [5.74, 6) is 0. The lowest BCUT2D eigenvalue weighted by Gasteiger charge is -1.89. The van der Waals surface area contributed by atoms with E-state index in [9.17, 15) is 4.79 Å². The Balaban J connectivity index is 0.000000396. The summed E-state index contributed by atoms with van der Waals surface area (Å²) in [4.78, 5) is 16.2. The maximum atomic E-state index is 10.8. The van der Waals surface area contributed by atoms with Crippen LogP contribution in [-0.4, -0.2) is 9.97 Å². The molecule has 0 unspecified atom stereocenters. The number of rotatable bonds is 0. The number of aromatic amines is 2. The number of nitrogens with one attached hydrogen (secondary N) is 2. The van der Waals surface area contributed by atoms with Crippen molar-refractivity contribution in [1.82, 2.24) is 9.97 Å². The van der Waals surface area contributed by atoms with Crippen LogP contribution in [0, 0.1) is 6.92 Å². The number of hydrogen-bond acceptors (Lipinski definition) is 1. The molecule has 0 aliphatic heterocycles. The number of aryl methyl sites for hydroxylation is 1. The van der Waals surface area contributed by atoms with Gasteiger partial charge in [-0.25, -0.2) is 4.79 Å². The van der Waals surface area contributed by atoms with Gasteiger partial charge in [0.2, 0.25) is 0 Å². The van der Waals surface area contributed by atoms with E-state index in [-0.39, 0.29) is 5.69 Å². The quantitative estimate of drug-likeness (QED) is 0.638. The molecule has 0 aliphatic rings. The molecule has 3 nitrogen and oxygen atoms in total. The Labute approximate surface area is 76.8 Å². The van der Waals surface area contributed by atoms with Crippen LogP contribution in [0.4, 0.5) is 0 Å². The van der Waals surface area contributed by atoms with Crippen LogP contribution in [0.5, 0.6) is 0 Å². The Morgan fingerprint density at radius 1 is 1.08 bits per heavy atom. The number of benzene rings is 1. The van der Waals surface area contributed by atoms with E-state index in [0.717, 1.165) is 16.6 Å². The van der Waals surface area contributed by atoms with Gasteiger partial charge in [0.25, 0.3) is 0 Å². The maximum Gasteiger partial charge on any atom is 0.323 e. The van der Waals surface area contributed by atoms with E-state index in [1.807, 2.05) is 39.0 Å². The van der Waals surface area contributed by atoms with Crippen molar-refractivity contribution in [3.05, 3.63) is 34.2 Å². The number of imidazole rings is 1. The summed E-state index contributed by atoms with van der Waals surface area (Å²) < 4.78 is 0. The van der Waals surface area contributed by atoms with E-state index in [1.54, 1.807) is 0 Å². The van der Waals surface area contributed by atoms with E-state index in [1.165, 1.54) is 0 Å². The van der Waals surface area contributed by atoms with Gasteiger partial charge in [-0.2, -0.15) is 0 Å². The van der Waals surface area contributed by atoms with Gasteiger partial charge in [-0.05, 0) is 24.6 Å². The van der Waals surface area contributed by atoms with Gasteiger partial charge in [0.1, 0.15) is 0 Å². The first kappa shape index (κ1) is 9.58. The van der Waals surface area contributed by atoms with Crippen LogP contribution in [0.15, 0.2) is 23.0 Å². The first-order valence-corrected chi connectivity index (χ1v) is 4.44. The summed E-state index contributed by atoms with van der Waals surface area (Å²) in [6.07, 6.45) is 0. The highest BCUT2D eigenvalue weighted by atomic mass is 16.1. The van der Waals surface area contributed by atoms with Crippen LogP contribution < -0.4 is 5.69 Å². The van der Waals surface area contributed by atoms with Crippen LogP contribution in [0.1, 0.15) is 19.4 Å². The monoisotopic (exact) mass is 178 g/mol. The lowest BCUT2D eigenvalue weighted by atomic mass is 10.2. The molecule has 3 heteroatoms. The second kappa shape index (κ2) is 3.94. The smallest absolute Gasteiger partial charge is 0.306 e. The molecule has 0 spiro atoms. The Bertz CT molecular complexity index is 439. The minimum Gasteiger partial charge on any atom is -0.306 e. The van der Waals surface area contributed by atoms with Crippen molar-refractivity contribution in [3.63, 3.8) is 0 Å². The van der Waals surface area contributed by atoms with Gasteiger partial charge < -0.3 is 9.97 Å². The minimum atomic E-state index is -0.148. The van der Waals surface area contributed by atoms with Crippen molar-refractivity contribution in [2.24, 2.45) is 0 Å². The topological polar surface area (TPSA) is 48.6 Å². The van der Waals surface area contributed by atoms with Crippen molar-refractivity contribution in [2.45, 2.75) is 20.8 Å². The average molecular weight is 178 g/mol. The molecule has 0 aliphatic carbocycles. The van der Waals surface area contributed by atoms with Gasteiger partial charge in [0, 0.05) is 0 Å². The molecule has 13 heavy (non-hydrogen) atoms. The number of fused-ring (bicyclic) bond motifs is 1. The third kappa shape index (κ3) is 1.99. The fourth-order valence-electron chi connectivity index (χ4n) is 1.15. The van der Waals surface area contributed by atoms with Crippen molar-refractivity contribution < 1.29 is 0 Å². The Kier molecular flexibility index (Phi) is 2.90. The van der Waals surface area contributed by atoms with Crippen LogP contribution in [0.2, 0.25) is 0 Å². The fourth-order valence-corrected chi connectivity index (χ4v) is 1.15. The fraction of sp³-hybridized carbons (Fsp3) is 0.300. The Morgan fingerprint density at radius 2 is 1.69 bits per heavy atom. The van der Waals surface area contributed by atoms with Gasteiger partial charge in [-0.1, -0.05) is 19.9 Å². The van der Waals surface area contributed by atoms with Crippen molar-refractivity contribution in [2.75, 3.05) is 0 Å². The Morgan fingerprint density at radius 3 is 2.38 bits per heavy atom. The summed E-state index contributed by atoms with van der Waals surface area (Å²) in [5, 5.41) is 0. The van der Waals surface area contributed by atoms with Gasteiger partial charge in [-0.3, -0.25) is 0 Å². The van der Waals surface area contributed by atoms with Gasteiger partial charge in [0.15, 0.2) is 0 Å². The summed E-state index contributed by atoms with van der Waals surface area (Å²) >= 11 is 0. The normalized spacial score (nSPS) is 9.46. The molecule has 0 atom stereocenters. The highest BCUT2D eigenvalue weighted by Crippen LogP contribution is 2.08. The molecule has 2 rings (SSSR count). The average Bonchev–Trinajstić information content (AvgIpc) is 2.48. The first-order chi connectivity index (χ1) is 6.25. The largest absolute Gasteiger partial charge is 0.323 e. The van der Waals surface area contributed by atoms with E-state index >= 15 is 0 Å². The second-order valence-electron chi connectivity index (χ2n) is 2.63. The second-order valence-corrected chi connectivity index (χ2v) is 2.63. The zero-order valence-electron chi connectivity index (χ0n) is 8.14. The van der Waals surface area contributed by atoms with Gasteiger partial charge >= 0.3 is 5.69 Å². The molecule has 1 aromatic heterocycles. The van der Waals surface area contributed by atoms with Crippen molar-refractivity contribution >= 4 is 11.0 Å². The molecule has 2 aromatic rings. The van der Waals surface area contributed by atoms with Crippen LogP contribution in [-0.2, 0) is 0 Å². The lowest BCUT2D eigenvalue weighted by molar-refractivity contribution is 1.21. The number of aromatic nitrogens is 2. The van der Waals surface area contributed by atoms with E-state index in [4.69, 9.17) is 0 Å². The summed E-state index contributed by atoms with van der Waals surface area (Å²) in [6.45, 7) is 5.99. The van der Waals surface area contributed by atoms with E-state index in [2.05, 4.69) is 9.97 Å². The standard InChI is InChI=1S/C8H8N2O.C2H6/c1-5-2-3-6-7(4-5)10-8(11)9-6;1-2/h2-4H,1H3,(H2,9,10,11);1-2H3. The molecular weight excluding hydrogens is 164 g/mol. The molecule has 0 fully saturated rings.